The molecule has 0 aromatic heterocycles. The number of ether oxygens (including phenoxy) is 4. The van der Waals surface area contributed by atoms with Crippen LogP contribution >= 0.6 is 0 Å². The van der Waals surface area contributed by atoms with E-state index in [0.717, 1.165) is 5.56 Å². The molecule has 8 heteroatoms. The maximum atomic E-state index is 11.3. The van der Waals surface area contributed by atoms with E-state index in [1.165, 1.54) is 39.5 Å². The van der Waals surface area contributed by atoms with E-state index in [9.17, 15) is 20.1 Å². The molecule has 2 atom stereocenters. The van der Waals surface area contributed by atoms with Crippen molar-refractivity contribution in [2.45, 2.75) is 25.0 Å². The second-order valence-corrected chi connectivity index (χ2v) is 6.28. The van der Waals surface area contributed by atoms with E-state index in [2.05, 4.69) is 4.74 Å². The summed E-state index contributed by atoms with van der Waals surface area (Å²) in [5, 5.41) is 30.1. The predicted octanol–water partition coefficient (Wildman–Crippen LogP) is 1.99. The molecule has 0 aliphatic rings. The van der Waals surface area contributed by atoms with Gasteiger partial charge in [-0.2, -0.15) is 0 Å². The van der Waals surface area contributed by atoms with Gasteiger partial charge in [0.1, 0.15) is 6.10 Å². The van der Waals surface area contributed by atoms with Gasteiger partial charge in [0, 0.05) is 6.42 Å². The lowest BCUT2D eigenvalue weighted by Crippen LogP contribution is -2.29. The number of hydrogen-bond acceptors (Lipinski definition) is 8. The smallest absolute Gasteiger partial charge is 0.305 e. The minimum atomic E-state index is -1.18. The van der Waals surface area contributed by atoms with Crippen LogP contribution in [-0.2, 0) is 16.0 Å². The molecule has 2 aromatic rings. The summed E-state index contributed by atoms with van der Waals surface area (Å²) in [6.45, 7) is -0.461. The molecular formula is C21H26O8. The van der Waals surface area contributed by atoms with Gasteiger partial charge >= 0.3 is 5.97 Å². The number of carbonyl (C=O) groups is 1. The summed E-state index contributed by atoms with van der Waals surface area (Å²) in [5.41, 5.74) is 1.26. The van der Waals surface area contributed by atoms with Crippen LogP contribution in [0.25, 0.3) is 0 Å². The maximum absolute atomic E-state index is 11.3. The van der Waals surface area contributed by atoms with Crippen molar-refractivity contribution in [1.29, 1.82) is 0 Å². The van der Waals surface area contributed by atoms with Crippen molar-refractivity contribution >= 4 is 5.97 Å². The zero-order valence-corrected chi connectivity index (χ0v) is 16.6. The van der Waals surface area contributed by atoms with Crippen LogP contribution in [0.3, 0.4) is 0 Å². The summed E-state index contributed by atoms with van der Waals surface area (Å²) in [5.74, 6) is 0.566. The van der Waals surface area contributed by atoms with Crippen LogP contribution in [-0.4, -0.2) is 55.3 Å². The molecule has 0 fully saturated rings. The standard InChI is InChI=1S/C21H26O8/c1-26-17-11-14(6-7-15(17)23)21(25)19(12-22)29-16-8-4-13(10-18(16)27-2)5-9-20(24)28-3/h4,6-8,10-11,19,21-23,25H,5,9,12H2,1-3H3/t19-,21-/m1/s1. The molecule has 0 aliphatic heterocycles. The van der Waals surface area contributed by atoms with Crippen LogP contribution < -0.4 is 14.2 Å². The average Bonchev–Trinajstić information content (AvgIpc) is 2.75. The Hall–Kier alpha value is -2.97. The molecule has 0 unspecified atom stereocenters. The van der Waals surface area contributed by atoms with E-state index < -0.39 is 18.8 Å². The fraction of sp³-hybridized carbons (Fsp3) is 0.381. The van der Waals surface area contributed by atoms with Gasteiger partial charge in [-0.1, -0.05) is 12.1 Å². The van der Waals surface area contributed by atoms with E-state index in [4.69, 9.17) is 14.2 Å². The van der Waals surface area contributed by atoms with Gasteiger partial charge in [0.15, 0.2) is 29.1 Å². The molecule has 0 saturated carbocycles. The lowest BCUT2D eigenvalue weighted by Gasteiger charge is -2.24. The number of carbonyl (C=O) groups excluding carboxylic acids is 1. The van der Waals surface area contributed by atoms with Crippen LogP contribution in [0.15, 0.2) is 36.4 Å². The second kappa shape index (κ2) is 10.5. The van der Waals surface area contributed by atoms with Gasteiger partial charge in [0.2, 0.25) is 0 Å². The first-order valence-electron chi connectivity index (χ1n) is 8.99. The summed E-state index contributed by atoms with van der Waals surface area (Å²) >= 11 is 0. The summed E-state index contributed by atoms with van der Waals surface area (Å²) in [4.78, 5) is 11.3. The first-order chi connectivity index (χ1) is 13.9. The number of rotatable bonds is 10. The fourth-order valence-corrected chi connectivity index (χ4v) is 2.77. The molecule has 8 nitrogen and oxygen atoms in total. The number of benzene rings is 2. The molecule has 0 radical (unpaired) electrons. The molecule has 0 spiro atoms. The van der Waals surface area contributed by atoms with Gasteiger partial charge < -0.3 is 34.3 Å². The molecule has 2 aromatic carbocycles. The van der Waals surface area contributed by atoms with Crippen molar-refractivity contribution in [2.24, 2.45) is 0 Å². The predicted molar refractivity (Wildman–Crippen MR) is 104 cm³/mol. The molecule has 0 saturated heterocycles. The minimum absolute atomic E-state index is 0.0610. The Morgan fingerprint density at radius 1 is 1.00 bits per heavy atom. The molecule has 158 valence electrons. The summed E-state index contributed by atoms with van der Waals surface area (Å²) in [6.07, 6.45) is -1.46. The van der Waals surface area contributed by atoms with Crippen molar-refractivity contribution in [1.82, 2.24) is 0 Å². The largest absolute Gasteiger partial charge is 0.504 e. The number of aromatic hydroxyl groups is 1. The summed E-state index contributed by atoms with van der Waals surface area (Å²) in [7, 11) is 4.21. The van der Waals surface area contributed by atoms with Gasteiger partial charge in [0.05, 0.1) is 27.9 Å². The third-order valence-electron chi connectivity index (χ3n) is 4.43. The number of aliphatic hydroxyl groups is 2. The first-order valence-corrected chi connectivity index (χ1v) is 8.99. The number of methoxy groups -OCH3 is 3. The van der Waals surface area contributed by atoms with Crippen molar-refractivity contribution in [3.63, 3.8) is 0 Å². The molecule has 0 amide bonds. The Labute approximate surface area is 169 Å². The number of aliphatic hydroxyl groups excluding tert-OH is 2. The zero-order valence-electron chi connectivity index (χ0n) is 16.6. The third kappa shape index (κ3) is 5.75. The lowest BCUT2D eigenvalue weighted by molar-refractivity contribution is -0.140. The normalized spacial score (nSPS) is 12.7. The minimum Gasteiger partial charge on any atom is -0.504 e. The highest BCUT2D eigenvalue weighted by Gasteiger charge is 2.24. The molecule has 0 bridgehead atoms. The van der Waals surface area contributed by atoms with Crippen LogP contribution in [0.1, 0.15) is 23.7 Å². The van der Waals surface area contributed by atoms with E-state index >= 15 is 0 Å². The Balaban J connectivity index is 2.17. The van der Waals surface area contributed by atoms with Gasteiger partial charge in [-0.3, -0.25) is 4.79 Å². The van der Waals surface area contributed by atoms with Crippen LogP contribution in [0.2, 0.25) is 0 Å². The van der Waals surface area contributed by atoms with Gasteiger partial charge in [-0.15, -0.1) is 0 Å². The Morgan fingerprint density at radius 2 is 1.72 bits per heavy atom. The van der Waals surface area contributed by atoms with Crippen molar-refractivity contribution in [3.8, 4) is 23.0 Å². The highest BCUT2D eigenvalue weighted by atomic mass is 16.5. The number of hydrogen-bond donors (Lipinski definition) is 3. The van der Waals surface area contributed by atoms with Gasteiger partial charge in [-0.25, -0.2) is 0 Å². The SMILES string of the molecule is COC(=O)CCc1ccc(O[C@H](CO)[C@H](O)c2ccc(O)c(OC)c2)c(OC)c1. The van der Waals surface area contributed by atoms with Crippen molar-refractivity contribution in [2.75, 3.05) is 27.9 Å². The van der Waals surface area contributed by atoms with E-state index in [1.807, 2.05) is 0 Å². The van der Waals surface area contributed by atoms with Gasteiger partial charge in [-0.05, 0) is 41.8 Å². The van der Waals surface area contributed by atoms with Crippen LogP contribution in [0.4, 0.5) is 0 Å². The Kier molecular flexibility index (Phi) is 8.11. The molecule has 0 heterocycles. The fourth-order valence-electron chi connectivity index (χ4n) is 2.77. The second-order valence-electron chi connectivity index (χ2n) is 6.28. The topological polar surface area (TPSA) is 115 Å². The third-order valence-corrected chi connectivity index (χ3v) is 4.43. The molecule has 0 aliphatic carbocycles. The maximum Gasteiger partial charge on any atom is 0.305 e. The first kappa shape index (κ1) is 22.3. The van der Waals surface area contributed by atoms with Gasteiger partial charge in [0.25, 0.3) is 0 Å². The Bertz CT molecular complexity index is 820. The van der Waals surface area contributed by atoms with Crippen molar-refractivity contribution in [3.05, 3.63) is 47.5 Å². The number of esters is 1. The average molecular weight is 406 g/mol. The monoisotopic (exact) mass is 406 g/mol. The highest BCUT2D eigenvalue weighted by Crippen LogP contribution is 2.34. The van der Waals surface area contributed by atoms with E-state index in [-0.39, 0.29) is 23.9 Å². The molecule has 3 N–H and O–H groups in total. The number of aryl methyl sites for hydroxylation is 1. The summed E-state index contributed by atoms with van der Waals surface area (Å²) < 4.78 is 20.8. The van der Waals surface area contributed by atoms with Crippen LogP contribution in [0, 0.1) is 0 Å². The molecular weight excluding hydrogens is 380 g/mol. The van der Waals surface area contributed by atoms with Crippen molar-refractivity contribution < 1.29 is 39.1 Å². The van der Waals surface area contributed by atoms with Crippen LogP contribution in [0.5, 0.6) is 23.0 Å². The van der Waals surface area contributed by atoms with E-state index in [0.29, 0.717) is 23.5 Å². The zero-order chi connectivity index (χ0) is 21.4. The lowest BCUT2D eigenvalue weighted by atomic mass is 10.0. The quantitative estimate of drug-likeness (QED) is 0.513. The molecule has 29 heavy (non-hydrogen) atoms. The van der Waals surface area contributed by atoms with E-state index in [1.54, 1.807) is 18.2 Å². The highest BCUT2D eigenvalue weighted by molar-refractivity contribution is 5.69. The number of phenolic OH excluding ortho intramolecular Hbond substituents is 1. The molecule has 2 rings (SSSR count). The Morgan fingerprint density at radius 3 is 2.34 bits per heavy atom. The number of phenols is 1. The summed E-state index contributed by atoms with van der Waals surface area (Å²) in [6, 6.07) is 9.52.